The number of nitrogens with zero attached hydrogens (tertiary/aromatic N) is 1. The molecule has 2 amide bonds. The Hall–Kier alpha value is -2.04. The van der Waals surface area contributed by atoms with Gasteiger partial charge in [0.15, 0.2) is 0 Å². The third-order valence-electron chi connectivity index (χ3n) is 3.66. The van der Waals surface area contributed by atoms with Crippen molar-refractivity contribution in [2.24, 2.45) is 5.92 Å². The third-order valence-corrected chi connectivity index (χ3v) is 3.66. The van der Waals surface area contributed by atoms with E-state index in [0.717, 1.165) is 30.9 Å². The highest BCUT2D eigenvalue weighted by atomic mass is 16.2. The van der Waals surface area contributed by atoms with Gasteiger partial charge in [-0.25, -0.2) is 0 Å². The van der Waals surface area contributed by atoms with Gasteiger partial charge in [-0.15, -0.1) is 0 Å². The van der Waals surface area contributed by atoms with E-state index in [0.29, 0.717) is 12.5 Å². The summed E-state index contributed by atoms with van der Waals surface area (Å²) in [6.45, 7) is 5.71. The van der Waals surface area contributed by atoms with E-state index in [4.69, 9.17) is 0 Å². The summed E-state index contributed by atoms with van der Waals surface area (Å²) >= 11 is 0. The number of piperidine rings is 1. The number of hydrogen-bond acceptors (Lipinski definition) is 3. The molecule has 1 aliphatic heterocycles. The summed E-state index contributed by atoms with van der Waals surface area (Å²) in [5.41, 5.74) is 1.63. The molecule has 2 N–H and O–H groups in total. The molecule has 1 aromatic rings. The lowest BCUT2D eigenvalue weighted by molar-refractivity contribution is -0.131. The topological polar surface area (TPSA) is 61.4 Å². The first-order chi connectivity index (χ1) is 10.0. The number of hydrogen-bond donors (Lipinski definition) is 2. The van der Waals surface area contributed by atoms with E-state index < -0.39 is 0 Å². The molecule has 1 unspecified atom stereocenters. The smallest absolute Gasteiger partial charge is 0.241 e. The lowest BCUT2D eigenvalue weighted by atomic mass is 10.0. The summed E-state index contributed by atoms with van der Waals surface area (Å²) in [7, 11) is 0. The second-order valence-electron chi connectivity index (χ2n) is 5.70. The summed E-state index contributed by atoms with van der Waals surface area (Å²) < 4.78 is 0. The average Bonchev–Trinajstić information content (AvgIpc) is 2.45. The maximum atomic E-state index is 12.1. The van der Waals surface area contributed by atoms with Crippen LogP contribution in [0.2, 0.25) is 0 Å². The summed E-state index contributed by atoms with van der Waals surface area (Å²) in [5.74, 6) is 0.650. The molecule has 2 rings (SSSR count). The summed E-state index contributed by atoms with van der Waals surface area (Å²) in [4.78, 5) is 25.0. The molecule has 0 spiro atoms. The Balaban J connectivity index is 1.82. The fraction of sp³-hybridized carbons (Fsp3) is 0.500. The minimum absolute atomic E-state index is 0.0925. The van der Waals surface area contributed by atoms with Gasteiger partial charge in [0.1, 0.15) is 0 Å². The van der Waals surface area contributed by atoms with Crippen LogP contribution in [0.1, 0.15) is 26.7 Å². The van der Waals surface area contributed by atoms with Gasteiger partial charge in [0, 0.05) is 31.4 Å². The van der Waals surface area contributed by atoms with E-state index in [-0.39, 0.29) is 11.8 Å². The van der Waals surface area contributed by atoms with Gasteiger partial charge in [-0.3, -0.25) is 9.59 Å². The molecule has 0 radical (unpaired) electrons. The highest BCUT2D eigenvalue weighted by molar-refractivity contribution is 5.89. The van der Waals surface area contributed by atoms with Gasteiger partial charge in [0.25, 0.3) is 0 Å². The summed E-state index contributed by atoms with van der Waals surface area (Å²) in [6, 6.07) is 7.35. The van der Waals surface area contributed by atoms with Crippen molar-refractivity contribution in [1.82, 2.24) is 4.90 Å². The highest BCUT2D eigenvalue weighted by Crippen LogP contribution is 2.16. The number of anilines is 2. The molecule has 1 aliphatic rings. The third kappa shape index (κ3) is 4.77. The molecule has 1 saturated heterocycles. The quantitative estimate of drug-likeness (QED) is 0.894. The molecular formula is C16H23N3O2. The van der Waals surface area contributed by atoms with E-state index in [1.807, 2.05) is 29.2 Å². The van der Waals surface area contributed by atoms with E-state index in [2.05, 4.69) is 17.6 Å². The monoisotopic (exact) mass is 289 g/mol. The average molecular weight is 289 g/mol. The second kappa shape index (κ2) is 7.11. The molecule has 1 heterocycles. The van der Waals surface area contributed by atoms with Crippen molar-refractivity contribution in [3.05, 3.63) is 24.3 Å². The summed E-state index contributed by atoms with van der Waals surface area (Å²) in [5, 5.41) is 5.84. The number of likely N-dealkylation sites (tertiary alicyclic amines) is 1. The van der Waals surface area contributed by atoms with E-state index in [1.54, 1.807) is 0 Å². The molecule has 5 nitrogen and oxygen atoms in total. The molecule has 0 bridgehead atoms. The van der Waals surface area contributed by atoms with Crippen molar-refractivity contribution in [2.45, 2.75) is 26.7 Å². The number of amides is 2. The Morgan fingerprint density at radius 1 is 1.24 bits per heavy atom. The van der Waals surface area contributed by atoms with Crippen molar-refractivity contribution in [1.29, 1.82) is 0 Å². The van der Waals surface area contributed by atoms with Gasteiger partial charge in [-0.2, -0.15) is 0 Å². The second-order valence-corrected chi connectivity index (χ2v) is 5.70. The molecule has 1 atom stereocenters. The largest absolute Gasteiger partial charge is 0.376 e. The molecule has 114 valence electrons. The van der Waals surface area contributed by atoms with Gasteiger partial charge in [0.2, 0.25) is 11.8 Å². The van der Waals surface area contributed by atoms with E-state index in [1.165, 1.54) is 13.3 Å². The van der Waals surface area contributed by atoms with Crippen LogP contribution in [0.15, 0.2) is 24.3 Å². The summed E-state index contributed by atoms with van der Waals surface area (Å²) in [6.07, 6.45) is 2.31. The molecule has 5 heteroatoms. The van der Waals surface area contributed by atoms with Crippen LogP contribution < -0.4 is 10.6 Å². The molecule has 0 aliphatic carbocycles. The van der Waals surface area contributed by atoms with Crippen molar-refractivity contribution in [3.8, 4) is 0 Å². The maximum Gasteiger partial charge on any atom is 0.241 e. The van der Waals surface area contributed by atoms with Gasteiger partial charge >= 0.3 is 0 Å². The first-order valence-corrected chi connectivity index (χ1v) is 7.44. The molecule has 0 saturated carbocycles. The SMILES string of the molecule is CC(=O)Nc1ccc(NCC(=O)N2CCCC(C)C2)cc1. The van der Waals surface area contributed by atoms with Crippen molar-refractivity contribution in [3.63, 3.8) is 0 Å². The fourth-order valence-electron chi connectivity index (χ4n) is 2.58. The van der Waals surface area contributed by atoms with Gasteiger partial charge in [-0.1, -0.05) is 6.92 Å². The van der Waals surface area contributed by atoms with Crippen LogP contribution in [-0.2, 0) is 9.59 Å². The zero-order valence-electron chi connectivity index (χ0n) is 12.7. The van der Waals surface area contributed by atoms with E-state index in [9.17, 15) is 9.59 Å². The first-order valence-electron chi connectivity index (χ1n) is 7.44. The van der Waals surface area contributed by atoms with Crippen LogP contribution in [0.25, 0.3) is 0 Å². The predicted molar refractivity (Wildman–Crippen MR) is 84.2 cm³/mol. The number of benzene rings is 1. The van der Waals surface area contributed by atoms with Crippen LogP contribution in [0, 0.1) is 5.92 Å². The van der Waals surface area contributed by atoms with Crippen LogP contribution in [-0.4, -0.2) is 36.3 Å². The van der Waals surface area contributed by atoms with E-state index >= 15 is 0 Å². The standard InChI is InChI=1S/C16H23N3O2/c1-12-4-3-9-19(11-12)16(21)10-17-14-5-7-15(8-6-14)18-13(2)20/h5-8,12,17H,3-4,9-11H2,1-2H3,(H,18,20). The minimum atomic E-state index is -0.0925. The predicted octanol–water partition coefficient (Wildman–Crippen LogP) is 2.32. The fourth-order valence-corrected chi connectivity index (χ4v) is 2.58. The van der Waals surface area contributed by atoms with Crippen molar-refractivity contribution < 1.29 is 9.59 Å². The van der Waals surface area contributed by atoms with Crippen molar-refractivity contribution >= 4 is 23.2 Å². The number of carbonyl (C=O) groups is 2. The lowest BCUT2D eigenvalue weighted by Crippen LogP contribution is -2.41. The Morgan fingerprint density at radius 2 is 1.90 bits per heavy atom. The Bertz CT molecular complexity index is 499. The molecule has 0 aromatic heterocycles. The van der Waals surface area contributed by atoms with Gasteiger partial charge in [0.05, 0.1) is 6.54 Å². The van der Waals surface area contributed by atoms with Crippen molar-refractivity contribution in [2.75, 3.05) is 30.3 Å². The molecule has 1 aromatic carbocycles. The van der Waals surface area contributed by atoms with Crippen LogP contribution in [0.5, 0.6) is 0 Å². The number of rotatable bonds is 4. The van der Waals surface area contributed by atoms with Gasteiger partial charge in [-0.05, 0) is 43.0 Å². The Kier molecular flexibility index (Phi) is 5.20. The Morgan fingerprint density at radius 3 is 2.52 bits per heavy atom. The zero-order chi connectivity index (χ0) is 15.2. The minimum Gasteiger partial charge on any atom is -0.376 e. The van der Waals surface area contributed by atoms with Gasteiger partial charge < -0.3 is 15.5 Å². The maximum absolute atomic E-state index is 12.1. The Labute approximate surface area is 125 Å². The molecule has 21 heavy (non-hydrogen) atoms. The van der Waals surface area contributed by atoms with Crippen LogP contribution in [0.3, 0.4) is 0 Å². The number of carbonyl (C=O) groups excluding carboxylic acids is 2. The number of nitrogens with one attached hydrogen (secondary N) is 2. The van der Waals surface area contributed by atoms with Crippen LogP contribution >= 0.6 is 0 Å². The normalized spacial score (nSPS) is 18.2. The zero-order valence-corrected chi connectivity index (χ0v) is 12.7. The highest BCUT2D eigenvalue weighted by Gasteiger charge is 2.20. The molecular weight excluding hydrogens is 266 g/mol. The lowest BCUT2D eigenvalue weighted by Gasteiger charge is -2.31. The van der Waals surface area contributed by atoms with Crippen LogP contribution in [0.4, 0.5) is 11.4 Å². The first kappa shape index (κ1) is 15.4. The molecule has 1 fully saturated rings.